The molecular formula is C5H13Cl2NO2S. The monoisotopic (exact) mass is 221 g/mol. The third-order valence-corrected chi connectivity index (χ3v) is 1.30. The highest BCUT2D eigenvalue weighted by Gasteiger charge is 1.82. The topological polar surface area (TPSA) is 60.2 Å². The van der Waals surface area contributed by atoms with Crippen molar-refractivity contribution in [2.24, 2.45) is 5.14 Å². The smallest absolute Gasteiger partial charge is 0.198 e. The van der Waals surface area contributed by atoms with Crippen LogP contribution in [-0.4, -0.2) is 20.2 Å². The molecule has 0 heterocycles. The molecule has 0 aromatic carbocycles. The number of nitrogens with two attached hydrogens (primary N) is 1. The lowest BCUT2D eigenvalue weighted by Crippen LogP contribution is -1.85. The van der Waals surface area contributed by atoms with Gasteiger partial charge in [-0.2, -0.15) is 0 Å². The number of rotatable bonds is 4. The molecule has 70 valence electrons. The van der Waals surface area contributed by atoms with Crippen molar-refractivity contribution in [3.05, 3.63) is 0 Å². The molecule has 0 unspecified atom stereocenters. The number of hydrogen-bond donors (Lipinski definition) is 2. The fourth-order valence-corrected chi connectivity index (χ4v) is 0.744. The average Bonchev–Trinajstić information content (AvgIpc) is 1.88. The van der Waals surface area contributed by atoms with E-state index in [0.29, 0.717) is 0 Å². The zero-order valence-corrected chi connectivity index (χ0v) is 8.54. The summed E-state index contributed by atoms with van der Waals surface area (Å²) in [5.41, 5.74) is 0. The van der Waals surface area contributed by atoms with Crippen LogP contribution in [0.25, 0.3) is 0 Å². The minimum Gasteiger partial charge on any atom is -0.231 e. The molecule has 0 aromatic rings. The molecule has 0 saturated heterocycles. The first-order valence-corrected chi connectivity index (χ1v) is 5.47. The fraction of sp³-hybridized carbons (Fsp3) is 1.00. The summed E-state index contributed by atoms with van der Waals surface area (Å²) in [7, 11) is -2.62. The van der Waals surface area contributed by atoms with E-state index in [2.05, 4.69) is 5.14 Å². The normalized spacial score (nSPS) is 9.09. The Bertz CT molecular complexity index is 118. The van der Waals surface area contributed by atoms with Gasteiger partial charge in [0.2, 0.25) is 0 Å². The van der Waals surface area contributed by atoms with Gasteiger partial charge in [0.1, 0.15) is 0 Å². The first-order valence-electron chi connectivity index (χ1n) is 3.16. The molecule has 0 saturated carbocycles. The first kappa shape index (κ1) is 14.0. The lowest BCUT2D eigenvalue weighted by atomic mass is 10.3. The van der Waals surface area contributed by atoms with Crippen molar-refractivity contribution in [1.29, 1.82) is 0 Å². The van der Waals surface area contributed by atoms with Gasteiger partial charge in [0, 0.05) is 11.8 Å². The maximum absolute atomic E-state index is 8.81. The molecule has 0 rings (SSSR count). The summed E-state index contributed by atoms with van der Waals surface area (Å²) in [6.45, 7) is 0. The summed E-state index contributed by atoms with van der Waals surface area (Å²) in [4.78, 5) is 0. The maximum Gasteiger partial charge on any atom is 0.198 e. The molecule has 0 aliphatic heterocycles. The van der Waals surface area contributed by atoms with E-state index in [1.807, 2.05) is 0 Å². The molecule has 0 bridgehead atoms. The lowest BCUT2D eigenvalue weighted by molar-refractivity contribution is 0.616. The number of alkyl halides is 2. The second-order valence-corrected chi connectivity index (χ2v) is 3.05. The predicted molar refractivity (Wildman–Crippen MR) is 49.8 cm³/mol. The number of unbranched alkanes of at least 4 members (excludes halogenated alkanes) is 2. The van der Waals surface area contributed by atoms with E-state index >= 15 is 0 Å². The predicted octanol–water partition coefficient (Wildman–Crippen LogP) is 1.11. The highest BCUT2D eigenvalue weighted by atomic mass is 35.5. The van der Waals surface area contributed by atoms with Crippen LogP contribution in [0.1, 0.15) is 19.3 Å². The van der Waals surface area contributed by atoms with Crippen LogP contribution in [0, 0.1) is 0 Å². The van der Waals surface area contributed by atoms with Crippen LogP contribution in [0.4, 0.5) is 0 Å². The summed E-state index contributed by atoms with van der Waals surface area (Å²) in [5, 5.41) is 4.06. The van der Waals surface area contributed by atoms with E-state index in [9.17, 15) is 0 Å². The number of halogens is 2. The molecule has 0 atom stereocenters. The van der Waals surface area contributed by atoms with Crippen molar-refractivity contribution in [3.63, 3.8) is 0 Å². The Morgan fingerprint density at radius 3 is 1.45 bits per heavy atom. The van der Waals surface area contributed by atoms with Crippen LogP contribution in [-0.2, 0) is 10.9 Å². The quantitative estimate of drug-likeness (QED) is 0.425. The Morgan fingerprint density at radius 1 is 1.00 bits per heavy atom. The average molecular weight is 222 g/mol. The van der Waals surface area contributed by atoms with E-state index in [-0.39, 0.29) is 0 Å². The van der Waals surface area contributed by atoms with Crippen molar-refractivity contribution in [3.8, 4) is 0 Å². The van der Waals surface area contributed by atoms with Crippen LogP contribution < -0.4 is 5.14 Å². The zero-order chi connectivity index (χ0) is 9.11. The molecule has 6 heteroatoms. The zero-order valence-electron chi connectivity index (χ0n) is 6.13. The molecule has 0 aromatic heterocycles. The second kappa shape index (κ2) is 13.1. The van der Waals surface area contributed by atoms with Gasteiger partial charge in [-0.1, -0.05) is 6.42 Å². The highest BCUT2D eigenvalue weighted by molar-refractivity contribution is 7.69. The van der Waals surface area contributed by atoms with Gasteiger partial charge in [-0.25, -0.2) is 13.6 Å². The first-order chi connectivity index (χ1) is 5.15. The largest absolute Gasteiger partial charge is 0.231 e. The summed E-state index contributed by atoms with van der Waals surface area (Å²) in [5.74, 6) is 1.55. The summed E-state index contributed by atoms with van der Waals surface area (Å²) >= 11 is 10.8. The third kappa shape index (κ3) is 37.5. The highest BCUT2D eigenvalue weighted by Crippen LogP contribution is 1.97. The van der Waals surface area contributed by atoms with Gasteiger partial charge >= 0.3 is 0 Å². The van der Waals surface area contributed by atoms with E-state index < -0.39 is 10.9 Å². The van der Waals surface area contributed by atoms with Gasteiger partial charge < -0.3 is 0 Å². The molecule has 0 amide bonds. The Hall–Kier alpha value is 0.490. The number of thiol groups is 1. The van der Waals surface area contributed by atoms with Crippen molar-refractivity contribution in [1.82, 2.24) is 0 Å². The molecule has 0 fully saturated rings. The van der Waals surface area contributed by atoms with Gasteiger partial charge in [0.25, 0.3) is 0 Å². The van der Waals surface area contributed by atoms with Crippen molar-refractivity contribution >= 4 is 34.1 Å². The van der Waals surface area contributed by atoms with E-state index in [1.165, 1.54) is 6.42 Å². The second-order valence-electron chi connectivity index (χ2n) is 1.72. The van der Waals surface area contributed by atoms with Crippen LogP contribution in [0.5, 0.6) is 0 Å². The molecule has 11 heavy (non-hydrogen) atoms. The number of hydrogen-bond acceptors (Lipinski definition) is 2. The molecule has 2 N–H and O–H groups in total. The van der Waals surface area contributed by atoms with Gasteiger partial charge in [-0.05, 0) is 12.8 Å². The minimum absolute atomic E-state index is 0.775. The third-order valence-electron chi connectivity index (χ3n) is 0.767. The van der Waals surface area contributed by atoms with Gasteiger partial charge in [-0.3, -0.25) is 0 Å². The summed E-state index contributed by atoms with van der Waals surface area (Å²) in [6, 6.07) is 0. The fourth-order valence-electron chi connectivity index (χ4n) is 0.366. The van der Waals surface area contributed by atoms with Crippen LogP contribution in [0.3, 0.4) is 0 Å². The SMILES string of the molecule is ClCCCCCCl.N[SH](=O)=O. The Kier molecular flexibility index (Phi) is 16.7. The molecular weight excluding hydrogens is 209 g/mol. The Balaban J connectivity index is 0. The standard InChI is InChI=1S/C5H10Cl2.H3NO2S/c6-4-2-1-3-5-7;1-4(2)3/h1-5H2;4H,(H2,1,2,3). The van der Waals surface area contributed by atoms with Crippen molar-refractivity contribution < 1.29 is 8.42 Å². The van der Waals surface area contributed by atoms with E-state index in [0.717, 1.165) is 24.6 Å². The van der Waals surface area contributed by atoms with Gasteiger partial charge in [0.15, 0.2) is 10.9 Å². The molecule has 0 radical (unpaired) electrons. The summed E-state index contributed by atoms with van der Waals surface area (Å²) < 4.78 is 17.6. The lowest BCUT2D eigenvalue weighted by Gasteiger charge is -1.88. The van der Waals surface area contributed by atoms with Crippen LogP contribution in [0.2, 0.25) is 0 Å². The molecule has 0 aliphatic carbocycles. The molecule has 0 aliphatic rings. The van der Waals surface area contributed by atoms with Crippen LogP contribution in [0.15, 0.2) is 0 Å². The van der Waals surface area contributed by atoms with E-state index in [4.69, 9.17) is 31.6 Å². The minimum atomic E-state index is -2.62. The van der Waals surface area contributed by atoms with Crippen molar-refractivity contribution in [2.75, 3.05) is 11.8 Å². The Labute approximate surface area is 78.9 Å². The van der Waals surface area contributed by atoms with Gasteiger partial charge in [0.05, 0.1) is 0 Å². The Morgan fingerprint density at radius 2 is 1.27 bits per heavy atom. The molecule has 0 spiro atoms. The van der Waals surface area contributed by atoms with E-state index in [1.54, 1.807) is 0 Å². The van der Waals surface area contributed by atoms with Crippen molar-refractivity contribution in [2.45, 2.75) is 19.3 Å². The molecule has 3 nitrogen and oxygen atoms in total. The van der Waals surface area contributed by atoms with Gasteiger partial charge in [-0.15, -0.1) is 23.2 Å². The summed E-state index contributed by atoms with van der Waals surface area (Å²) in [6.07, 6.45) is 3.38. The maximum atomic E-state index is 8.81. The van der Waals surface area contributed by atoms with Crippen LogP contribution >= 0.6 is 23.2 Å².